The largest absolute Gasteiger partial charge is 0.309 e. The van der Waals surface area contributed by atoms with Gasteiger partial charge in [0.25, 0.3) is 0 Å². The van der Waals surface area contributed by atoms with E-state index in [0.717, 1.165) is 6.54 Å². The first-order valence-electron chi connectivity index (χ1n) is 4.33. The van der Waals surface area contributed by atoms with Crippen LogP contribution in [0.2, 0.25) is 13.1 Å². The van der Waals surface area contributed by atoms with Gasteiger partial charge in [-0.1, -0.05) is 19.2 Å². The van der Waals surface area contributed by atoms with Gasteiger partial charge >= 0.3 is 0 Å². The monoisotopic (exact) mass is 171 g/mol. The first-order chi connectivity index (χ1) is 4.92. The molecule has 0 aromatic heterocycles. The predicted octanol–water partition coefficient (Wildman–Crippen LogP) is 1.96. The molecule has 66 valence electrons. The fraction of sp³-hybridized carbons (Fsp3) is 0.778. The third-order valence-electron chi connectivity index (χ3n) is 1.27. The van der Waals surface area contributed by atoms with Crippen molar-refractivity contribution in [2.45, 2.75) is 39.4 Å². The molecule has 0 unspecified atom stereocenters. The van der Waals surface area contributed by atoms with Gasteiger partial charge in [-0.15, -0.1) is 5.70 Å². The summed E-state index contributed by atoms with van der Waals surface area (Å²) >= 11 is 0. The highest BCUT2D eigenvalue weighted by atomic mass is 28.3. The van der Waals surface area contributed by atoms with Gasteiger partial charge in [0.15, 0.2) is 0 Å². The quantitative estimate of drug-likeness (QED) is 0.640. The zero-order chi connectivity index (χ0) is 8.91. The van der Waals surface area contributed by atoms with E-state index in [1.165, 1.54) is 0 Å². The van der Waals surface area contributed by atoms with Gasteiger partial charge in [-0.3, -0.25) is 0 Å². The van der Waals surface area contributed by atoms with Gasteiger partial charge in [0.05, 0.1) is 8.80 Å². The molecule has 0 amide bonds. The molecule has 1 N–H and O–H groups in total. The predicted molar refractivity (Wildman–Crippen MR) is 55.8 cm³/mol. The lowest BCUT2D eigenvalue weighted by Crippen LogP contribution is -2.35. The molecule has 2 heteroatoms. The fourth-order valence-electron chi connectivity index (χ4n) is 0.705. The second-order valence-electron chi connectivity index (χ2n) is 4.30. The van der Waals surface area contributed by atoms with E-state index in [9.17, 15) is 0 Å². The van der Waals surface area contributed by atoms with E-state index in [2.05, 4.69) is 51.0 Å². The fourth-order valence-corrected chi connectivity index (χ4v) is 1.39. The molecule has 0 fully saturated rings. The van der Waals surface area contributed by atoms with Crippen molar-refractivity contribution in [1.82, 2.24) is 5.32 Å². The van der Waals surface area contributed by atoms with E-state index < -0.39 is 8.80 Å². The Hall–Kier alpha value is -0.0831. The number of hydrogen-bond donors (Lipinski definition) is 1. The van der Waals surface area contributed by atoms with Crippen molar-refractivity contribution in [1.29, 1.82) is 0 Å². The molecule has 0 spiro atoms. The zero-order valence-electron chi connectivity index (χ0n) is 8.44. The Labute approximate surface area is 72.5 Å². The highest BCUT2D eigenvalue weighted by Gasteiger charge is 2.05. The summed E-state index contributed by atoms with van der Waals surface area (Å²) in [5.41, 5.74) is 2.61. The van der Waals surface area contributed by atoms with E-state index in [4.69, 9.17) is 0 Å². The summed E-state index contributed by atoms with van der Waals surface area (Å²) in [5, 5.41) is 3.41. The number of hydrogen-bond acceptors (Lipinski definition) is 1. The molecule has 0 heterocycles. The van der Waals surface area contributed by atoms with Crippen molar-refractivity contribution >= 4 is 8.80 Å². The average Bonchev–Trinajstić information content (AvgIpc) is 1.78. The topological polar surface area (TPSA) is 12.0 Å². The summed E-state index contributed by atoms with van der Waals surface area (Å²) in [6, 6.07) is 0. The zero-order valence-corrected chi connectivity index (χ0v) is 9.59. The Morgan fingerprint density at radius 3 is 2.18 bits per heavy atom. The minimum atomic E-state index is -0.477. The molecule has 0 atom stereocenters. The van der Waals surface area contributed by atoms with E-state index in [0.29, 0.717) is 0 Å². The molecule has 0 aliphatic rings. The van der Waals surface area contributed by atoms with Gasteiger partial charge in [0.1, 0.15) is 0 Å². The molecular weight excluding hydrogens is 150 g/mol. The van der Waals surface area contributed by atoms with E-state index in [1.54, 1.807) is 0 Å². The summed E-state index contributed by atoms with van der Waals surface area (Å²) in [6.07, 6.45) is 2.25. The summed E-state index contributed by atoms with van der Waals surface area (Å²) in [7, 11) is -0.477. The lowest BCUT2D eigenvalue weighted by Gasteiger charge is -2.18. The molecule has 1 nitrogen and oxygen atoms in total. The maximum atomic E-state index is 3.41. The highest BCUT2D eigenvalue weighted by Crippen LogP contribution is 1.96. The van der Waals surface area contributed by atoms with Crippen molar-refractivity contribution in [3.8, 4) is 0 Å². The Morgan fingerprint density at radius 2 is 1.82 bits per heavy atom. The number of nitrogens with one attached hydrogen (secondary N) is 1. The minimum Gasteiger partial charge on any atom is -0.309 e. The highest BCUT2D eigenvalue weighted by molar-refractivity contribution is 6.61. The van der Waals surface area contributed by atoms with Crippen LogP contribution in [0.15, 0.2) is 11.8 Å². The van der Waals surface area contributed by atoms with Crippen molar-refractivity contribution in [3.05, 3.63) is 11.8 Å². The maximum absolute atomic E-state index is 3.41. The van der Waals surface area contributed by atoms with Crippen LogP contribution in [-0.2, 0) is 0 Å². The third kappa shape index (κ3) is 9.92. The molecule has 0 bridgehead atoms. The molecular formula is C9H21NSi. The average molecular weight is 171 g/mol. The van der Waals surface area contributed by atoms with Gasteiger partial charge in [0.2, 0.25) is 0 Å². The van der Waals surface area contributed by atoms with Crippen LogP contribution in [0.1, 0.15) is 20.8 Å². The van der Waals surface area contributed by atoms with Crippen LogP contribution in [0.3, 0.4) is 0 Å². The Kier molecular flexibility index (Phi) is 4.69. The van der Waals surface area contributed by atoms with Gasteiger partial charge in [-0.25, -0.2) is 0 Å². The third-order valence-corrected chi connectivity index (χ3v) is 2.31. The number of rotatable bonds is 3. The normalized spacial score (nSPS) is 13.3. The second kappa shape index (κ2) is 4.73. The van der Waals surface area contributed by atoms with Crippen molar-refractivity contribution in [2.24, 2.45) is 0 Å². The Balaban J connectivity index is 3.42. The molecule has 0 saturated carbocycles. The van der Waals surface area contributed by atoms with Crippen molar-refractivity contribution < 1.29 is 0 Å². The first kappa shape index (κ1) is 10.9. The van der Waals surface area contributed by atoms with Crippen LogP contribution in [0, 0.1) is 0 Å². The minimum absolute atomic E-state index is 0.253. The van der Waals surface area contributed by atoms with Gasteiger partial charge < -0.3 is 5.32 Å². The van der Waals surface area contributed by atoms with Crippen LogP contribution in [0.4, 0.5) is 0 Å². The SMILES string of the molecule is C[SiH](C)C=CCNC(C)(C)C. The van der Waals surface area contributed by atoms with Crippen LogP contribution < -0.4 is 5.32 Å². The van der Waals surface area contributed by atoms with E-state index in [1.807, 2.05) is 0 Å². The second-order valence-corrected chi connectivity index (χ2v) is 7.18. The molecule has 0 aliphatic carbocycles. The summed E-state index contributed by atoms with van der Waals surface area (Å²) in [4.78, 5) is 0. The smallest absolute Gasteiger partial charge is 0.0550 e. The molecule has 11 heavy (non-hydrogen) atoms. The summed E-state index contributed by atoms with van der Waals surface area (Å²) in [5.74, 6) is 0. The van der Waals surface area contributed by atoms with Crippen molar-refractivity contribution in [2.75, 3.05) is 6.54 Å². The van der Waals surface area contributed by atoms with Crippen molar-refractivity contribution in [3.63, 3.8) is 0 Å². The van der Waals surface area contributed by atoms with Crippen LogP contribution in [0.25, 0.3) is 0 Å². The molecule has 0 saturated heterocycles. The van der Waals surface area contributed by atoms with Gasteiger partial charge in [0, 0.05) is 12.1 Å². The molecule has 0 aromatic carbocycles. The molecule has 0 rings (SSSR count). The van der Waals surface area contributed by atoms with Gasteiger partial charge in [-0.2, -0.15) is 0 Å². The Morgan fingerprint density at radius 1 is 1.27 bits per heavy atom. The summed E-state index contributed by atoms with van der Waals surface area (Å²) < 4.78 is 0. The Bertz CT molecular complexity index is 122. The molecule has 0 aromatic rings. The summed E-state index contributed by atoms with van der Waals surface area (Å²) in [6.45, 7) is 12.2. The van der Waals surface area contributed by atoms with E-state index >= 15 is 0 Å². The van der Waals surface area contributed by atoms with Crippen LogP contribution in [-0.4, -0.2) is 20.9 Å². The maximum Gasteiger partial charge on any atom is 0.0550 e. The van der Waals surface area contributed by atoms with Crippen LogP contribution >= 0.6 is 0 Å². The standard InChI is InChI=1S/C9H21NSi/c1-9(2,3)10-7-6-8-11(4)5/h6,8,10-11H,7H2,1-5H3. The molecule has 0 radical (unpaired) electrons. The van der Waals surface area contributed by atoms with Crippen LogP contribution in [0.5, 0.6) is 0 Å². The lowest BCUT2D eigenvalue weighted by atomic mass is 10.1. The van der Waals surface area contributed by atoms with Gasteiger partial charge in [-0.05, 0) is 20.8 Å². The molecule has 0 aliphatic heterocycles. The van der Waals surface area contributed by atoms with E-state index in [-0.39, 0.29) is 5.54 Å². The lowest BCUT2D eigenvalue weighted by molar-refractivity contribution is 0.449. The first-order valence-corrected chi connectivity index (χ1v) is 7.31.